The topological polar surface area (TPSA) is 38.1 Å². The molecular formula is C15H20N2O. The first-order valence-electron chi connectivity index (χ1n) is 6.39. The standard InChI is InChI=1S/C15H20N2O/c1-4-12-5-7-13(8-6-12)15-11(2)16-14(9-10-18)17(15)3/h5-8,18H,4,9-10H2,1-3H3. The molecule has 0 aliphatic heterocycles. The van der Waals surface area contributed by atoms with Gasteiger partial charge in [-0.15, -0.1) is 0 Å². The minimum Gasteiger partial charge on any atom is -0.396 e. The van der Waals surface area contributed by atoms with E-state index in [1.807, 2.05) is 14.0 Å². The van der Waals surface area contributed by atoms with Gasteiger partial charge in [-0.2, -0.15) is 0 Å². The van der Waals surface area contributed by atoms with Crippen LogP contribution in [0.3, 0.4) is 0 Å². The summed E-state index contributed by atoms with van der Waals surface area (Å²) in [5, 5.41) is 9.03. The Bertz CT molecular complexity index is 526. The first-order valence-corrected chi connectivity index (χ1v) is 6.39. The monoisotopic (exact) mass is 244 g/mol. The third-order valence-corrected chi connectivity index (χ3v) is 3.33. The number of aliphatic hydroxyl groups is 1. The highest BCUT2D eigenvalue weighted by Crippen LogP contribution is 2.24. The molecule has 0 spiro atoms. The lowest BCUT2D eigenvalue weighted by Gasteiger charge is -2.07. The number of aryl methyl sites for hydroxylation is 2. The summed E-state index contributed by atoms with van der Waals surface area (Å²) in [5.41, 5.74) is 4.68. The fourth-order valence-electron chi connectivity index (χ4n) is 2.32. The van der Waals surface area contributed by atoms with Crippen LogP contribution in [0.5, 0.6) is 0 Å². The van der Waals surface area contributed by atoms with Crippen LogP contribution < -0.4 is 0 Å². The molecule has 1 heterocycles. The molecule has 2 aromatic rings. The van der Waals surface area contributed by atoms with Gasteiger partial charge in [-0.3, -0.25) is 0 Å². The summed E-state index contributed by atoms with van der Waals surface area (Å²) in [4.78, 5) is 4.52. The molecular weight excluding hydrogens is 224 g/mol. The molecule has 0 saturated heterocycles. The number of aliphatic hydroxyl groups excluding tert-OH is 1. The zero-order valence-corrected chi connectivity index (χ0v) is 11.3. The van der Waals surface area contributed by atoms with E-state index in [9.17, 15) is 0 Å². The molecule has 1 aromatic carbocycles. The summed E-state index contributed by atoms with van der Waals surface area (Å²) in [7, 11) is 2.01. The first-order chi connectivity index (χ1) is 8.67. The lowest BCUT2D eigenvalue weighted by molar-refractivity contribution is 0.295. The van der Waals surface area contributed by atoms with Gasteiger partial charge in [0, 0.05) is 19.0 Å². The molecule has 0 bridgehead atoms. The average molecular weight is 244 g/mol. The van der Waals surface area contributed by atoms with Crippen molar-refractivity contribution < 1.29 is 5.11 Å². The van der Waals surface area contributed by atoms with Crippen LogP contribution in [0.15, 0.2) is 24.3 Å². The minimum atomic E-state index is 0.137. The Balaban J connectivity index is 2.43. The molecule has 18 heavy (non-hydrogen) atoms. The molecule has 0 amide bonds. The minimum absolute atomic E-state index is 0.137. The second kappa shape index (κ2) is 5.36. The fraction of sp³-hybridized carbons (Fsp3) is 0.400. The van der Waals surface area contributed by atoms with Crippen molar-refractivity contribution in [3.8, 4) is 11.3 Å². The van der Waals surface area contributed by atoms with Gasteiger partial charge in [-0.25, -0.2) is 4.98 Å². The van der Waals surface area contributed by atoms with Crippen molar-refractivity contribution in [1.29, 1.82) is 0 Å². The third-order valence-electron chi connectivity index (χ3n) is 3.33. The molecule has 0 radical (unpaired) electrons. The molecule has 3 nitrogen and oxygen atoms in total. The Labute approximate surface area is 108 Å². The molecule has 1 N–H and O–H groups in total. The molecule has 2 rings (SSSR count). The Morgan fingerprint density at radius 3 is 2.44 bits per heavy atom. The Kier molecular flexibility index (Phi) is 3.82. The zero-order chi connectivity index (χ0) is 13.1. The van der Waals surface area contributed by atoms with Crippen LogP contribution in [0, 0.1) is 6.92 Å². The van der Waals surface area contributed by atoms with E-state index in [-0.39, 0.29) is 6.61 Å². The van der Waals surface area contributed by atoms with E-state index in [1.54, 1.807) is 0 Å². The van der Waals surface area contributed by atoms with Crippen molar-refractivity contribution >= 4 is 0 Å². The van der Waals surface area contributed by atoms with Gasteiger partial charge in [-0.1, -0.05) is 31.2 Å². The molecule has 96 valence electrons. The molecule has 0 atom stereocenters. The Morgan fingerprint density at radius 2 is 1.89 bits per heavy atom. The largest absolute Gasteiger partial charge is 0.396 e. The fourth-order valence-corrected chi connectivity index (χ4v) is 2.32. The van der Waals surface area contributed by atoms with Crippen LogP contribution in [-0.2, 0) is 19.9 Å². The van der Waals surface area contributed by atoms with Crippen molar-refractivity contribution in [3.05, 3.63) is 41.3 Å². The van der Waals surface area contributed by atoms with Gasteiger partial charge in [0.1, 0.15) is 5.82 Å². The number of benzene rings is 1. The van der Waals surface area contributed by atoms with Crippen LogP contribution >= 0.6 is 0 Å². The summed E-state index contributed by atoms with van der Waals surface area (Å²) in [6.45, 7) is 4.31. The normalized spacial score (nSPS) is 10.9. The van der Waals surface area contributed by atoms with E-state index in [0.29, 0.717) is 6.42 Å². The number of nitrogens with zero attached hydrogens (tertiary/aromatic N) is 2. The first kappa shape index (κ1) is 12.8. The van der Waals surface area contributed by atoms with E-state index in [0.717, 1.165) is 23.6 Å². The SMILES string of the molecule is CCc1ccc(-c2c(C)nc(CCO)n2C)cc1. The van der Waals surface area contributed by atoms with Crippen molar-refractivity contribution in [1.82, 2.24) is 9.55 Å². The average Bonchev–Trinajstić information content (AvgIpc) is 2.65. The highest BCUT2D eigenvalue weighted by molar-refractivity contribution is 5.63. The Hall–Kier alpha value is -1.61. The number of hydrogen-bond donors (Lipinski definition) is 1. The second-order valence-electron chi connectivity index (χ2n) is 4.55. The smallest absolute Gasteiger partial charge is 0.111 e. The van der Waals surface area contributed by atoms with Gasteiger partial charge < -0.3 is 9.67 Å². The highest BCUT2D eigenvalue weighted by atomic mass is 16.3. The zero-order valence-electron chi connectivity index (χ0n) is 11.3. The molecule has 0 saturated carbocycles. The quantitative estimate of drug-likeness (QED) is 0.897. The van der Waals surface area contributed by atoms with Crippen molar-refractivity contribution in [2.24, 2.45) is 7.05 Å². The number of hydrogen-bond acceptors (Lipinski definition) is 2. The number of imidazole rings is 1. The Morgan fingerprint density at radius 1 is 1.22 bits per heavy atom. The lowest BCUT2D eigenvalue weighted by Crippen LogP contribution is -2.02. The maximum absolute atomic E-state index is 9.03. The van der Waals surface area contributed by atoms with Crippen molar-refractivity contribution in [2.75, 3.05) is 6.61 Å². The van der Waals surface area contributed by atoms with Gasteiger partial charge in [0.2, 0.25) is 0 Å². The molecule has 0 fully saturated rings. The van der Waals surface area contributed by atoms with E-state index in [1.165, 1.54) is 11.1 Å². The van der Waals surface area contributed by atoms with E-state index in [4.69, 9.17) is 5.11 Å². The predicted molar refractivity (Wildman–Crippen MR) is 73.5 cm³/mol. The third kappa shape index (κ3) is 2.31. The van der Waals surface area contributed by atoms with Gasteiger partial charge >= 0.3 is 0 Å². The van der Waals surface area contributed by atoms with Gasteiger partial charge in [-0.05, 0) is 18.9 Å². The number of rotatable bonds is 4. The van der Waals surface area contributed by atoms with Crippen LogP contribution in [0.25, 0.3) is 11.3 Å². The summed E-state index contributed by atoms with van der Waals surface area (Å²) >= 11 is 0. The van der Waals surface area contributed by atoms with Gasteiger partial charge in [0.15, 0.2) is 0 Å². The highest BCUT2D eigenvalue weighted by Gasteiger charge is 2.12. The molecule has 3 heteroatoms. The van der Waals surface area contributed by atoms with Gasteiger partial charge in [0.25, 0.3) is 0 Å². The van der Waals surface area contributed by atoms with Crippen LogP contribution in [-0.4, -0.2) is 21.3 Å². The van der Waals surface area contributed by atoms with E-state index < -0.39 is 0 Å². The summed E-state index contributed by atoms with van der Waals surface area (Å²) in [5.74, 6) is 0.935. The molecule has 1 aromatic heterocycles. The molecule has 0 aliphatic carbocycles. The van der Waals surface area contributed by atoms with E-state index in [2.05, 4.69) is 40.7 Å². The summed E-state index contributed by atoms with van der Waals surface area (Å²) in [6, 6.07) is 8.61. The molecule has 0 aliphatic rings. The second-order valence-corrected chi connectivity index (χ2v) is 4.55. The molecule has 0 unspecified atom stereocenters. The van der Waals surface area contributed by atoms with Crippen molar-refractivity contribution in [2.45, 2.75) is 26.7 Å². The summed E-state index contributed by atoms with van der Waals surface area (Å²) in [6.07, 6.45) is 1.66. The van der Waals surface area contributed by atoms with Crippen LogP contribution in [0.2, 0.25) is 0 Å². The van der Waals surface area contributed by atoms with Crippen LogP contribution in [0.4, 0.5) is 0 Å². The summed E-state index contributed by atoms with van der Waals surface area (Å²) < 4.78 is 2.08. The predicted octanol–water partition coefficient (Wildman–Crippen LogP) is 2.49. The lowest BCUT2D eigenvalue weighted by atomic mass is 10.1. The maximum atomic E-state index is 9.03. The van der Waals surface area contributed by atoms with Gasteiger partial charge in [0.05, 0.1) is 18.0 Å². The van der Waals surface area contributed by atoms with Crippen LogP contribution in [0.1, 0.15) is 24.0 Å². The maximum Gasteiger partial charge on any atom is 0.111 e. The van der Waals surface area contributed by atoms with Crippen molar-refractivity contribution in [3.63, 3.8) is 0 Å². The number of aromatic nitrogens is 2. The van der Waals surface area contributed by atoms with E-state index >= 15 is 0 Å².